The summed E-state index contributed by atoms with van der Waals surface area (Å²) < 4.78 is 33.9. The van der Waals surface area contributed by atoms with Gasteiger partial charge in [-0.2, -0.15) is 0 Å². The van der Waals surface area contributed by atoms with E-state index < -0.39 is 27.4 Å². The van der Waals surface area contributed by atoms with Gasteiger partial charge in [-0.3, -0.25) is 19.2 Å². The summed E-state index contributed by atoms with van der Waals surface area (Å²) in [5.74, 6) is -0.347. The molecule has 3 rings (SSSR count). The molecule has 0 aliphatic heterocycles. The zero-order chi connectivity index (χ0) is 27.5. The topological polar surface area (TPSA) is 119 Å². The number of benzene rings is 3. The first kappa shape index (κ1) is 27.9. The van der Waals surface area contributed by atoms with Gasteiger partial charge in [-0.15, -0.1) is 0 Å². The summed E-state index contributed by atoms with van der Waals surface area (Å²) >= 11 is 6.18. The van der Waals surface area contributed by atoms with Crippen LogP contribution in [0.25, 0.3) is 0 Å². The Labute approximate surface area is 221 Å². The van der Waals surface area contributed by atoms with E-state index in [0.717, 1.165) is 21.5 Å². The van der Waals surface area contributed by atoms with Crippen molar-refractivity contribution < 1.29 is 22.9 Å². The largest absolute Gasteiger partial charge is 0.495 e. The molecule has 0 unspecified atom stereocenters. The van der Waals surface area contributed by atoms with Gasteiger partial charge in [0.15, 0.2) is 0 Å². The maximum atomic E-state index is 13.9. The third-order valence-electron chi connectivity index (χ3n) is 5.85. The van der Waals surface area contributed by atoms with Crippen molar-refractivity contribution >= 4 is 44.6 Å². The number of nitrogens with one attached hydrogen (secondary N) is 1. The van der Waals surface area contributed by atoms with E-state index in [-0.39, 0.29) is 33.0 Å². The minimum absolute atomic E-state index is 0.0160. The fourth-order valence-electron chi connectivity index (χ4n) is 3.88. The van der Waals surface area contributed by atoms with E-state index in [9.17, 15) is 23.3 Å². The smallest absolute Gasteiger partial charge is 0.273 e. The third kappa shape index (κ3) is 6.03. The van der Waals surface area contributed by atoms with Gasteiger partial charge in [-0.05, 0) is 55.2 Å². The first-order chi connectivity index (χ1) is 17.4. The van der Waals surface area contributed by atoms with Crippen LogP contribution in [0, 0.1) is 24.0 Å². The fraction of sp³-hybridized carbons (Fsp3) is 0.269. The van der Waals surface area contributed by atoms with Gasteiger partial charge in [0.25, 0.3) is 15.7 Å². The summed E-state index contributed by atoms with van der Waals surface area (Å²) in [5.41, 5.74) is 2.28. The highest BCUT2D eigenvalue weighted by Crippen LogP contribution is 2.36. The number of nitro groups is 1. The summed E-state index contributed by atoms with van der Waals surface area (Å²) in [7, 11) is -3.11. The molecule has 9 nitrogen and oxygen atoms in total. The molecule has 0 spiro atoms. The van der Waals surface area contributed by atoms with Crippen molar-refractivity contribution in [3.05, 3.63) is 86.4 Å². The molecule has 0 aliphatic carbocycles. The molecule has 3 aromatic rings. The van der Waals surface area contributed by atoms with Crippen LogP contribution < -0.4 is 14.4 Å². The molecule has 0 aliphatic rings. The SMILES string of the molecule is COc1ccc(Cl)cc1N(CC(=O)Nc1c(C)cccc1C(C)C)S(=O)(=O)c1ccc(C)c([N+](=O)[O-])c1. The van der Waals surface area contributed by atoms with Crippen LogP contribution in [0.2, 0.25) is 5.02 Å². The lowest BCUT2D eigenvalue weighted by molar-refractivity contribution is -0.385. The molecule has 0 fully saturated rings. The number of sulfonamides is 1. The number of rotatable bonds is 9. The van der Waals surface area contributed by atoms with Crippen LogP contribution in [-0.2, 0) is 14.8 Å². The lowest BCUT2D eigenvalue weighted by Crippen LogP contribution is -2.38. The molecule has 0 heterocycles. The van der Waals surface area contributed by atoms with Gasteiger partial charge < -0.3 is 10.1 Å². The number of nitro benzene ring substituents is 1. The zero-order valence-corrected chi connectivity index (χ0v) is 22.7. The van der Waals surface area contributed by atoms with Gasteiger partial charge >= 0.3 is 0 Å². The number of anilines is 2. The number of methoxy groups -OCH3 is 1. The normalized spacial score (nSPS) is 11.3. The van der Waals surface area contributed by atoms with Gasteiger partial charge in [0.05, 0.1) is 22.6 Å². The van der Waals surface area contributed by atoms with Crippen LogP contribution in [0.5, 0.6) is 5.75 Å². The number of para-hydroxylation sites is 1. The van der Waals surface area contributed by atoms with E-state index in [4.69, 9.17) is 16.3 Å². The van der Waals surface area contributed by atoms with E-state index >= 15 is 0 Å². The first-order valence-electron chi connectivity index (χ1n) is 11.4. The minimum atomic E-state index is -4.47. The molecule has 0 atom stereocenters. The Morgan fingerprint density at radius 3 is 2.43 bits per heavy atom. The lowest BCUT2D eigenvalue weighted by Gasteiger charge is -2.26. The molecule has 0 saturated heterocycles. The van der Waals surface area contributed by atoms with Crippen molar-refractivity contribution in [2.24, 2.45) is 0 Å². The monoisotopic (exact) mass is 545 g/mol. The number of aryl methyl sites for hydroxylation is 2. The zero-order valence-electron chi connectivity index (χ0n) is 21.1. The summed E-state index contributed by atoms with van der Waals surface area (Å²) in [4.78, 5) is 23.8. The second kappa shape index (κ2) is 11.2. The quantitative estimate of drug-likeness (QED) is 0.267. The average Bonchev–Trinajstić information content (AvgIpc) is 2.83. The fourth-order valence-corrected chi connectivity index (χ4v) is 5.49. The predicted molar refractivity (Wildman–Crippen MR) is 144 cm³/mol. The molecule has 0 saturated carbocycles. The molecule has 37 heavy (non-hydrogen) atoms. The van der Waals surface area contributed by atoms with Crippen LogP contribution in [0.1, 0.15) is 36.5 Å². The highest BCUT2D eigenvalue weighted by Gasteiger charge is 2.31. The van der Waals surface area contributed by atoms with Crippen LogP contribution in [0.3, 0.4) is 0 Å². The molecule has 3 aromatic carbocycles. The van der Waals surface area contributed by atoms with Crippen molar-refractivity contribution in [1.82, 2.24) is 0 Å². The summed E-state index contributed by atoms with van der Waals surface area (Å²) in [6.07, 6.45) is 0. The Kier molecular flexibility index (Phi) is 8.45. The highest BCUT2D eigenvalue weighted by atomic mass is 35.5. The number of hydrogen-bond donors (Lipinski definition) is 1. The van der Waals surface area contributed by atoms with Crippen molar-refractivity contribution in [3.63, 3.8) is 0 Å². The highest BCUT2D eigenvalue weighted by molar-refractivity contribution is 7.92. The molecular weight excluding hydrogens is 518 g/mol. The number of nitrogens with zero attached hydrogens (tertiary/aromatic N) is 2. The van der Waals surface area contributed by atoms with Crippen LogP contribution in [0.15, 0.2) is 59.5 Å². The summed E-state index contributed by atoms with van der Waals surface area (Å²) in [6, 6.07) is 13.6. The Hall–Kier alpha value is -3.63. The first-order valence-corrected chi connectivity index (χ1v) is 13.2. The van der Waals surface area contributed by atoms with E-state index in [1.165, 1.54) is 44.4 Å². The molecule has 1 amide bonds. The number of carbonyl (C=O) groups is 1. The van der Waals surface area contributed by atoms with Gasteiger partial charge in [0, 0.05) is 22.3 Å². The number of hydrogen-bond acceptors (Lipinski definition) is 6. The van der Waals surface area contributed by atoms with Crippen molar-refractivity contribution in [2.75, 3.05) is 23.3 Å². The summed E-state index contributed by atoms with van der Waals surface area (Å²) in [6.45, 7) is 6.70. The number of ether oxygens (including phenoxy) is 1. The minimum Gasteiger partial charge on any atom is -0.495 e. The standard InChI is InChI=1S/C26H28ClN3O6S/c1-16(2)21-8-6-7-18(4)26(21)28-25(31)15-29(23-13-19(27)10-12-24(23)36-5)37(34,35)20-11-9-17(3)22(14-20)30(32)33/h6-14,16H,15H2,1-5H3,(H,28,31). The van der Waals surface area contributed by atoms with E-state index in [1.54, 1.807) is 0 Å². The summed E-state index contributed by atoms with van der Waals surface area (Å²) in [5, 5.41) is 14.5. The Bertz CT molecular complexity index is 1460. The lowest BCUT2D eigenvalue weighted by atomic mass is 9.98. The van der Waals surface area contributed by atoms with Gasteiger partial charge in [0.1, 0.15) is 12.3 Å². The second-order valence-corrected chi connectivity index (χ2v) is 11.1. The van der Waals surface area contributed by atoms with Crippen molar-refractivity contribution in [3.8, 4) is 5.75 Å². The number of amides is 1. The average molecular weight is 546 g/mol. The van der Waals surface area contributed by atoms with Crippen molar-refractivity contribution in [1.29, 1.82) is 0 Å². The van der Waals surface area contributed by atoms with Gasteiger partial charge in [0.2, 0.25) is 5.91 Å². The van der Waals surface area contributed by atoms with Crippen LogP contribution >= 0.6 is 11.6 Å². The molecule has 0 radical (unpaired) electrons. The maximum Gasteiger partial charge on any atom is 0.273 e. The van der Waals surface area contributed by atoms with E-state index in [2.05, 4.69) is 5.32 Å². The molecule has 196 valence electrons. The Morgan fingerprint density at radius 2 is 1.81 bits per heavy atom. The molecule has 11 heteroatoms. The molecule has 0 bridgehead atoms. The maximum absolute atomic E-state index is 13.9. The number of halogens is 1. The third-order valence-corrected chi connectivity index (χ3v) is 7.84. The Morgan fingerprint density at radius 1 is 1.11 bits per heavy atom. The molecule has 0 aromatic heterocycles. The number of carbonyl (C=O) groups excluding carboxylic acids is 1. The van der Waals surface area contributed by atoms with Gasteiger partial charge in [-0.1, -0.05) is 49.7 Å². The molecule has 1 N–H and O–H groups in total. The van der Waals surface area contributed by atoms with E-state index in [1.807, 2.05) is 39.0 Å². The predicted octanol–water partition coefficient (Wildman–Crippen LogP) is 5.83. The van der Waals surface area contributed by atoms with E-state index in [0.29, 0.717) is 11.3 Å². The van der Waals surface area contributed by atoms with Crippen LogP contribution in [0.4, 0.5) is 17.1 Å². The van der Waals surface area contributed by atoms with Crippen LogP contribution in [-0.4, -0.2) is 32.9 Å². The molecular formula is C26H28ClN3O6S. The van der Waals surface area contributed by atoms with Crippen molar-refractivity contribution in [2.45, 2.75) is 38.5 Å². The Balaban J connectivity index is 2.13. The second-order valence-electron chi connectivity index (χ2n) is 8.78. The van der Waals surface area contributed by atoms with Gasteiger partial charge in [-0.25, -0.2) is 8.42 Å².